The highest BCUT2D eigenvalue weighted by Crippen LogP contribution is 2.40. The van der Waals surface area contributed by atoms with Gasteiger partial charge in [0.2, 0.25) is 0 Å². The summed E-state index contributed by atoms with van der Waals surface area (Å²) in [6, 6.07) is 12.3. The summed E-state index contributed by atoms with van der Waals surface area (Å²) < 4.78 is 5.28. The summed E-state index contributed by atoms with van der Waals surface area (Å²) in [6.45, 7) is 3.81. The molecule has 2 aliphatic rings. The van der Waals surface area contributed by atoms with Crippen molar-refractivity contribution in [2.75, 3.05) is 13.1 Å². The van der Waals surface area contributed by atoms with Crippen molar-refractivity contribution in [3.63, 3.8) is 0 Å². The highest BCUT2D eigenvalue weighted by atomic mass is 16.5. The Labute approximate surface area is 130 Å². The van der Waals surface area contributed by atoms with E-state index in [9.17, 15) is 4.79 Å². The van der Waals surface area contributed by atoms with E-state index in [1.807, 2.05) is 17.0 Å². The molecule has 1 saturated heterocycles. The first kappa shape index (κ1) is 13.6. The molecule has 1 saturated carbocycles. The van der Waals surface area contributed by atoms with Gasteiger partial charge in [0, 0.05) is 30.5 Å². The average molecular weight is 296 g/mol. The van der Waals surface area contributed by atoms with Crippen LogP contribution in [0.15, 0.2) is 40.9 Å². The number of amides is 1. The molecule has 0 unspecified atom stereocenters. The van der Waals surface area contributed by atoms with Crippen LogP contribution in [0.1, 0.15) is 47.5 Å². The summed E-state index contributed by atoms with van der Waals surface area (Å²) in [6.07, 6.45) is 3.31. The maximum Gasteiger partial charge on any atom is 0.276 e. The molecule has 2 fully saturated rings. The lowest BCUT2D eigenvalue weighted by Gasteiger charge is -2.48. The van der Waals surface area contributed by atoms with Gasteiger partial charge in [-0.3, -0.25) is 4.79 Å². The molecule has 22 heavy (non-hydrogen) atoms. The zero-order chi connectivity index (χ0) is 15.2. The molecule has 2 heterocycles. The Kier molecular flexibility index (Phi) is 3.06. The third-order valence-electron chi connectivity index (χ3n) is 4.63. The SMILES string of the molecule is CC1(Cc2ccccc2)CN(C(=O)c2cc(C3CC3)on2)C1. The zero-order valence-electron chi connectivity index (χ0n) is 12.8. The summed E-state index contributed by atoms with van der Waals surface area (Å²) in [5.74, 6) is 1.37. The molecule has 1 aromatic heterocycles. The van der Waals surface area contributed by atoms with Gasteiger partial charge in [0.05, 0.1) is 0 Å². The van der Waals surface area contributed by atoms with Crippen molar-refractivity contribution in [3.05, 3.63) is 53.4 Å². The molecular weight excluding hydrogens is 276 g/mol. The molecule has 0 bridgehead atoms. The second-order valence-electron chi connectivity index (χ2n) is 7.02. The van der Waals surface area contributed by atoms with Crippen LogP contribution in [0.25, 0.3) is 0 Å². The lowest BCUT2D eigenvalue weighted by atomic mass is 9.76. The normalized spacial score (nSPS) is 19.8. The number of benzene rings is 1. The van der Waals surface area contributed by atoms with Crippen LogP contribution in [-0.4, -0.2) is 29.1 Å². The van der Waals surface area contributed by atoms with Crippen molar-refractivity contribution in [1.29, 1.82) is 0 Å². The molecule has 1 aliphatic carbocycles. The van der Waals surface area contributed by atoms with E-state index in [1.54, 1.807) is 0 Å². The number of nitrogens with zero attached hydrogens (tertiary/aromatic N) is 2. The Bertz CT molecular complexity index is 682. The van der Waals surface area contributed by atoms with Crippen molar-refractivity contribution < 1.29 is 9.32 Å². The largest absolute Gasteiger partial charge is 0.360 e. The fourth-order valence-corrected chi connectivity index (χ4v) is 3.33. The summed E-state index contributed by atoms with van der Waals surface area (Å²) >= 11 is 0. The Morgan fingerprint density at radius 2 is 2.05 bits per heavy atom. The average Bonchev–Trinajstić information content (AvgIpc) is 3.22. The van der Waals surface area contributed by atoms with Crippen molar-refractivity contribution in [1.82, 2.24) is 10.1 Å². The Hall–Kier alpha value is -2.10. The smallest absolute Gasteiger partial charge is 0.276 e. The standard InChI is InChI=1S/C18H20N2O2/c1-18(10-13-5-3-2-4-6-13)11-20(12-18)17(21)15-9-16(22-19-15)14-7-8-14/h2-6,9,14H,7-8,10-12H2,1H3. The van der Waals surface area contributed by atoms with Gasteiger partial charge in [-0.2, -0.15) is 0 Å². The topological polar surface area (TPSA) is 46.3 Å². The summed E-state index contributed by atoms with van der Waals surface area (Å²) in [5, 5.41) is 3.95. The monoisotopic (exact) mass is 296 g/mol. The van der Waals surface area contributed by atoms with Gasteiger partial charge < -0.3 is 9.42 Å². The second-order valence-corrected chi connectivity index (χ2v) is 7.02. The fourth-order valence-electron chi connectivity index (χ4n) is 3.33. The molecule has 0 atom stereocenters. The molecule has 1 aromatic carbocycles. The molecular formula is C18H20N2O2. The highest BCUT2D eigenvalue weighted by Gasteiger charge is 2.42. The van der Waals surface area contributed by atoms with Gasteiger partial charge in [0.1, 0.15) is 5.76 Å². The van der Waals surface area contributed by atoms with Gasteiger partial charge in [0.15, 0.2) is 5.69 Å². The molecule has 0 N–H and O–H groups in total. The Balaban J connectivity index is 1.38. The van der Waals surface area contributed by atoms with Crippen LogP contribution in [-0.2, 0) is 6.42 Å². The first-order chi connectivity index (χ1) is 10.6. The third-order valence-corrected chi connectivity index (χ3v) is 4.63. The Morgan fingerprint density at radius 3 is 2.73 bits per heavy atom. The van der Waals surface area contributed by atoms with E-state index in [1.165, 1.54) is 5.56 Å². The minimum Gasteiger partial charge on any atom is -0.360 e. The third kappa shape index (κ3) is 2.54. The predicted octanol–water partition coefficient (Wildman–Crippen LogP) is 3.26. The molecule has 0 radical (unpaired) electrons. The molecule has 1 amide bonds. The molecule has 114 valence electrons. The first-order valence-electron chi connectivity index (χ1n) is 7.93. The van der Waals surface area contributed by atoms with Gasteiger partial charge in [-0.25, -0.2) is 0 Å². The quantitative estimate of drug-likeness (QED) is 0.870. The number of rotatable bonds is 4. The number of hydrogen-bond donors (Lipinski definition) is 0. The molecule has 2 aromatic rings. The van der Waals surface area contributed by atoms with Crippen LogP contribution in [0.3, 0.4) is 0 Å². The van der Waals surface area contributed by atoms with E-state index >= 15 is 0 Å². The number of hydrogen-bond acceptors (Lipinski definition) is 3. The summed E-state index contributed by atoms with van der Waals surface area (Å²) in [5.41, 5.74) is 1.96. The zero-order valence-corrected chi connectivity index (χ0v) is 12.8. The fraction of sp³-hybridized carbons (Fsp3) is 0.444. The van der Waals surface area contributed by atoms with Crippen LogP contribution in [0.4, 0.5) is 0 Å². The van der Waals surface area contributed by atoms with E-state index in [0.29, 0.717) is 11.6 Å². The molecule has 4 nitrogen and oxygen atoms in total. The van der Waals surface area contributed by atoms with E-state index in [-0.39, 0.29) is 11.3 Å². The maximum absolute atomic E-state index is 12.4. The second kappa shape index (κ2) is 4.97. The molecule has 4 heteroatoms. The number of carbonyl (C=O) groups excluding carboxylic acids is 1. The first-order valence-corrected chi connectivity index (χ1v) is 7.93. The molecule has 4 rings (SSSR count). The van der Waals surface area contributed by atoms with E-state index in [0.717, 1.165) is 38.1 Å². The Morgan fingerprint density at radius 1 is 1.32 bits per heavy atom. The van der Waals surface area contributed by atoms with Crippen LogP contribution in [0, 0.1) is 5.41 Å². The van der Waals surface area contributed by atoms with Gasteiger partial charge >= 0.3 is 0 Å². The van der Waals surface area contributed by atoms with Crippen molar-refractivity contribution >= 4 is 5.91 Å². The minimum absolute atomic E-state index is 0.00110. The van der Waals surface area contributed by atoms with Crippen LogP contribution < -0.4 is 0 Å². The summed E-state index contributed by atoms with van der Waals surface area (Å²) in [7, 11) is 0. The van der Waals surface area contributed by atoms with Crippen molar-refractivity contribution in [3.8, 4) is 0 Å². The van der Waals surface area contributed by atoms with Gasteiger partial charge in [0.25, 0.3) is 5.91 Å². The highest BCUT2D eigenvalue weighted by molar-refractivity contribution is 5.93. The lowest BCUT2D eigenvalue weighted by Crippen LogP contribution is -2.57. The summed E-state index contributed by atoms with van der Waals surface area (Å²) in [4.78, 5) is 14.3. The van der Waals surface area contributed by atoms with E-state index in [2.05, 4.69) is 36.3 Å². The number of carbonyl (C=O) groups is 1. The maximum atomic E-state index is 12.4. The van der Waals surface area contributed by atoms with Crippen LogP contribution in [0.2, 0.25) is 0 Å². The van der Waals surface area contributed by atoms with Gasteiger partial charge in [-0.05, 0) is 24.8 Å². The molecule has 1 aliphatic heterocycles. The number of aromatic nitrogens is 1. The van der Waals surface area contributed by atoms with E-state index in [4.69, 9.17) is 4.52 Å². The molecule has 0 spiro atoms. The van der Waals surface area contributed by atoms with E-state index < -0.39 is 0 Å². The van der Waals surface area contributed by atoms with Gasteiger partial charge in [-0.1, -0.05) is 42.4 Å². The predicted molar refractivity (Wildman–Crippen MR) is 82.6 cm³/mol. The van der Waals surface area contributed by atoms with Crippen LogP contribution in [0.5, 0.6) is 0 Å². The van der Waals surface area contributed by atoms with Crippen LogP contribution >= 0.6 is 0 Å². The minimum atomic E-state index is 0.00110. The van der Waals surface area contributed by atoms with Gasteiger partial charge in [-0.15, -0.1) is 0 Å². The van der Waals surface area contributed by atoms with Crippen molar-refractivity contribution in [2.24, 2.45) is 5.41 Å². The number of likely N-dealkylation sites (tertiary alicyclic amines) is 1. The van der Waals surface area contributed by atoms with Crippen molar-refractivity contribution in [2.45, 2.75) is 32.1 Å². The lowest BCUT2D eigenvalue weighted by molar-refractivity contribution is 0.0145.